The molecule has 1 aromatic heterocycles. The van der Waals surface area contributed by atoms with Crippen LogP contribution in [0.2, 0.25) is 0 Å². The first-order valence-electron chi connectivity index (χ1n) is 10.6. The summed E-state index contributed by atoms with van der Waals surface area (Å²) in [5.41, 5.74) is 5.31. The largest absolute Gasteiger partial charge is 0.378 e. The number of thioether (sulfide) groups is 1. The van der Waals surface area contributed by atoms with Gasteiger partial charge in [-0.3, -0.25) is 4.79 Å². The Morgan fingerprint density at radius 2 is 1.94 bits per heavy atom. The van der Waals surface area contributed by atoms with Crippen molar-refractivity contribution in [2.45, 2.75) is 32.0 Å². The Balaban J connectivity index is 1.77. The fraction of sp³-hybridized carbons (Fsp3) is 0.292. The van der Waals surface area contributed by atoms with Crippen LogP contribution in [0.15, 0.2) is 65.0 Å². The summed E-state index contributed by atoms with van der Waals surface area (Å²) in [6, 6.07) is 15.6. The molecule has 0 spiro atoms. The van der Waals surface area contributed by atoms with Gasteiger partial charge in [0, 0.05) is 31.2 Å². The van der Waals surface area contributed by atoms with E-state index in [1.807, 2.05) is 56.9 Å². The molecule has 1 aliphatic rings. The molecular formula is C24H28N6OS. The number of anilines is 3. The Bertz CT molecular complexity index is 1170. The molecule has 0 aliphatic carbocycles. The third-order valence-corrected chi connectivity index (χ3v) is 6.07. The zero-order valence-corrected chi connectivity index (χ0v) is 19.8. The average Bonchev–Trinajstić information content (AvgIpc) is 3.15. The van der Waals surface area contributed by atoms with Gasteiger partial charge in [0.15, 0.2) is 0 Å². The van der Waals surface area contributed by atoms with Gasteiger partial charge in [0.1, 0.15) is 6.04 Å². The third-order valence-electron chi connectivity index (χ3n) is 5.35. The lowest BCUT2D eigenvalue weighted by atomic mass is 9.94. The van der Waals surface area contributed by atoms with Crippen LogP contribution in [0.4, 0.5) is 17.3 Å². The molecule has 2 heterocycles. The maximum absolute atomic E-state index is 13.5. The maximum atomic E-state index is 13.5. The van der Waals surface area contributed by atoms with Gasteiger partial charge < -0.3 is 15.5 Å². The number of nitrogens with zero attached hydrogens (tertiary/aromatic N) is 4. The average molecular weight is 449 g/mol. The number of hydrogen-bond donors (Lipinski definition) is 2. The van der Waals surface area contributed by atoms with Crippen LogP contribution in [0, 0.1) is 6.92 Å². The molecule has 2 aromatic carbocycles. The molecule has 1 amide bonds. The maximum Gasteiger partial charge on any atom is 0.255 e. The minimum Gasteiger partial charge on any atom is -0.378 e. The monoisotopic (exact) mass is 448 g/mol. The van der Waals surface area contributed by atoms with Crippen molar-refractivity contribution in [2.24, 2.45) is 0 Å². The van der Waals surface area contributed by atoms with E-state index in [4.69, 9.17) is 5.10 Å². The number of hydrogen-bond acceptors (Lipinski definition) is 6. The van der Waals surface area contributed by atoms with E-state index in [2.05, 4.69) is 51.7 Å². The SMILES string of the molecule is CCSc1nc2n(n1)C(c1ccc(N(C)C)cc1)C(C(=O)Nc1cccc(C)c1)=C(C)N2. The molecule has 0 saturated heterocycles. The van der Waals surface area contributed by atoms with Crippen molar-refractivity contribution >= 4 is 35.0 Å². The Morgan fingerprint density at radius 1 is 1.19 bits per heavy atom. The van der Waals surface area contributed by atoms with Crippen molar-refractivity contribution in [1.82, 2.24) is 14.8 Å². The number of aromatic nitrogens is 3. The molecule has 1 atom stereocenters. The van der Waals surface area contributed by atoms with Gasteiger partial charge in [0.2, 0.25) is 11.1 Å². The number of aryl methyl sites for hydroxylation is 1. The first-order chi connectivity index (χ1) is 15.4. The quantitative estimate of drug-likeness (QED) is 0.533. The van der Waals surface area contributed by atoms with E-state index < -0.39 is 0 Å². The number of fused-ring (bicyclic) bond motifs is 1. The van der Waals surface area contributed by atoms with Gasteiger partial charge in [-0.05, 0) is 55.0 Å². The molecule has 4 rings (SSSR count). The number of nitrogens with one attached hydrogen (secondary N) is 2. The molecule has 7 nitrogen and oxygen atoms in total. The van der Waals surface area contributed by atoms with Crippen LogP contribution < -0.4 is 15.5 Å². The molecular weight excluding hydrogens is 420 g/mol. The smallest absolute Gasteiger partial charge is 0.255 e. The van der Waals surface area contributed by atoms with Crippen molar-refractivity contribution in [2.75, 3.05) is 35.4 Å². The van der Waals surface area contributed by atoms with Gasteiger partial charge in [0.05, 0.1) is 5.57 Å². The minimum atomic E-state index is -0.383. The van der Waals surface area contributed by atoms with E-state index >= 15 is 0 Å². The minimum absolute atomic E-state index is 0.159. The third kappa shape index (κ3) is 4.36. The van der Waals surface area contributed by atoms with E-state index in [1.54, 1.807) is 11.8 Å². The summed E-state index contributed by atoms with van der Waals surface area (Å²) in [6.45, 7) is 5.99. The zero-order chi connectivity index (χ0) is 22.8. The van der Waals surface area contributed by atoms with Crippen LogP contribution in [-0.4, -0.2) is 40.5 Å². The number of rotatable bonds is 6. The Labute approximate surface area is 192 Å². The molecule has 1 unspecified atom stereocenters. The second-order valence-electron chi connectivity index (χ2n) is 7.97. The van der Waals surface area contributed by atoms with Crippen LogP contribution in [0.5, 0.6) is 0 Å². The highest BCUT2D eigenvalue weighted by atomic mass is 32.2. The highest BCUT2D eigenvalue weighted by molar-refractivity contribution is 7.99. The van der Waals surface area contributed by atoms with Crippen molar-refractivity contribution in [1.29, 1.82) is 0 Å². The summed E-state index contributed by atoms with van der Waals surface area (Å²) in [7, 11) is 4.02. The Morgan fingerprint density at radius 3 is 2.59 bits per heavy atom. The Hall–Kier alpha value is -3.26. The number of carbonyl (C=O) groups is 1. The molecule has 0 bridgehead atoms. The summed E-state index contributed by atoms with van der Waals surface area (Å²) in [5.74, 6) is 1.36. The number of allylic oxidation sites excluding steroid dienone is 1. The highest BCUT2D eigenvalue weighted by Crippen LogP contribution is 2.37. The predicted molar refractivity (Wildman–Crippen MR) is 131 cm³/mol. The van der Waals surface area contributed by atoms with Crippen molar-refractivity contribution < 1.29 is 4.79 Å². The topological polar surface area (TPSA) is 75.1 Å². The zero-order valence-electron chi connectivity index (χ0n) is 19.0. The Kier molecular flexibility index (Phi) is 6.23. The van der Waals surface area contributed by atoms with Crippen LogP contribution in [0.25, 0.3) is 0 Å². The van der Waals surface area contributed by atoms with Gasteiger partial charge in [-0.25, -0.2) is 4.68 Å². The van der Waals surface area contributed by atoms with Gasteiger partial charge >= 0.3 is 0 Å². The number of carbonyl (C=O) groups excluding carboxylic acids is 1. The van der Waals surface area contributed by atoms with Gasteiger partial charge in [-0.2, -0.15) is 4.98 Å². The van der Waals surface area contributed by atoms with Gasteiger partial charge in [-0.15, -0.1) is 5.10 Å². The molecule has 0 radical (unpaired) electrons. The highest BCUT2D eigenvalue weighted by Gasteiger charge is 2.34. The standard InChI is InChI=1S/C24H28N6OS/c1-6-32-24-27-23-25-16(3)20(22(31)26-18-9-7-8-15(2)14-18)21(30(23)28-24)17-10-12-19(13-11-17)29(4)5/h7-14,21H,6H2,1-5H3,(H,26,31)(H,25,27,28). The van der Waals surface area contributed by atoms with E-state index in [9.17, 15) is 4.79 Å². The fourth-order valence-corrected chi connectivity index (χ4v) is 4.35. The fourth-order valence-electron chi connectivity index (χ4n) is 3.80. The van der Waals surface area contributed by atoms with E-state index in [0.29, 0.717) is 16.7 Å². The summed E-state index contributed by atoms with van der Waals surface area (Å²) >= 11 is 1.58. The molecule has 0 saturated carbocycles. The predicted octanol–water partition coefficient (Wildman–Crippen LogP) is 4.69. The van der Waals surface area contributed by atoms with Crippen molar-refractivity contribution in [3.63, 3.8) is 0 Å². The van der Waals surface area contributed by atoms with Gasteiger partial charge in [0.25, 0.3) is 5.91 Å². The second kappa shape index (κ2) is 9.08. The van der Waals surface area contributed by atoms with Gasteiger partial charge in [-0.1, -0.05) is 43.0 Å². The van der Waals surface area contributed by atoms with Crippen LogP contribution in [0.1, 0.15) is 31.0 Å². The molecule has 1 aliphatic heterocycles. The number of amides is 1. The van der Waals surface area contributed by atoms with Crippen LogP contribution in [0.3, 0.4) is 0 Å². The van der Waals surface area contributed by atoms with Crippen molar-refractivity contribution in [3.8, 4) is 0 Å². The summed E-state index contributed by atoms with van der Waals surface area (Å²) in [4.78, 5) is 20.2. The van der Waals surface area contributed by atoms with Crippen LogP contribution in [-0.2, 0) is 4.79 Å². The molecule has 0 fully saturated rings. The molecule has 2 N–H and O–H groups in total. The first-order valence-corrected chi connectivity index (χ1v) is 11.6. The van der Waals surface area contributed by atoms with E-state index in [1.165, 1.54) is 0 Å². The summed E-state index contributed by atoms with van der Waals surface area (Å²) in [5, 5.41) is 11.8. The summed E-state index contributed by atoms with van der Waals surface area (Å²) in [6.07, 6.45) is 0. The van der Waals surface area contributed by atoms with Crippen LogP contribution >= 0.6 is 11.8 Å². The number of benzene rings is 2. The molecule has 3 aromatic rings. The molecule has 166 valence electrons. The first kappa shape index (κ1) is 22.0. The molecule has 32 heavy (non-hydrogen) atoms. The summed E-state index contributed by atoms with van der Waals surface area (Å²) < 4.78 is 1.82. The van der Waals surface area contributed by atoms with E-state index in [0.717, 1.165) is 34.0 Å². The second-order valence-corrected chi connectivity index (χ2v) is 9.20. The van der Waals surface area contributed by atoms with Crippen molar-refractivity contribution in [3.05, 3.63) is 70.9 Å². The van der Waals surface area contributed by atoms with E-state index in [-0.39, 0.29) is 11.9 Å². The lowest BCUT2D eigenvalue weighted by molar-refractivity contribution is -0.113. The lowest BCUT2D eigenvalue weighted by Gasteiger charge is -2.29. The normalized spacial score (nSPS) is 15.2. The molecule has 8 heteroatoms. The lowest BCUT2D eigenvalue weighted by Crippen LogP contribution is -2.31.